The van der Waals surface area contributed by atoms with Gasteiger partial charge in [-0.15, -0.1) is 0 Å². The lowest BCUT2D eigenvalue weighted by Gasteiger charge is -2.19. The molecule has 0 saturated carbocycles. The number of hydrogen-bond donors (Lipinski definition) is 1. The summed E-state index contributed by atoms with van der Waals surface area (Å²) in [6.45, 7) is 0. The van der Waals surface area contributed by atoms with E-state index in [1.54, 1.807) is 19.2 Å². The molecule has 0 bridgehead atoms. The van der Waals surface area contributed by atoms with Crippen molar-refractivity contribution in [1.82, 2.24) is 0 Å². The highest BCUT2D eigenvalue weighted by Crippen LogP contribution is 2.18. The highest BCUT2D eigenvalue weighted by Gasteiger charge is 2.13. The fraction of sp³-hybridized carbons (Fsp3) is 0.235. The van der Waals surface area contributed by atoms with Crippen LogP contribution in [0.1, 0.15) is 24.4 Å². The normalized spacial score (nSPS) is 12.0. The van der Waals surface area contributed by atoms with Crippen molar-refractivity contribution in [3.05, 3.63) is 66.0 Å². The lowest BCUT2D eigenvalue weighted by atomic mass is 10.0. The van der Waals surface area contributed by atoms with Crippen LogP contribution in [0, 0.1) is 5.82 Å². The number of halogens is 1. The van der Waals surface area contributed by atoms with Crippen molar-refractivity contribution < 1.29 is 9.18 Å². The van der Waals surface area contributed by atoms with Gasteiger partial charge in [-0.3, -0.25) is 4.79 Å². The van der Waals surface area contributed by atoms with Gasteiger partial charge < -0.3 is 10.6 Å². The van der Waals surface area contributed by atoms with E-state index < -0.39 is 0 Å². The number of nitrogens with two attached hydrogens (primary N) is 1. The second-order valence-electron chi connectivity index (χ2n) is 4.99. The van der Waals surface area contributed by atoms with Crippen LogP contribution in [0.3, 0.4) is 0 Å². The Morgan fingerprint density at radius 2 is 1.76 bits per heavy atom. The zero-order valence-electron chi connectivity index (χ0n) is 12.0. The van der Waals surface area contributed by atoms with Crippen LogP contribution in [0.15, 0.2) is 54.6 Å². The molecule has 2 N–H and O–H groups in total. The summed E-state index contributed by atoms with van der Waals surface area (Å²) < 4.78 is 12.9. The molecule has 1 atom stereocenters. The summed E-state index contributed by atoms with van der Waals surface area (Å²) in [5, 5.41) is 0. The van der Waals surface area contributed by atoms with E-state index in [4.69, 9.17) is 5.73 Å². The van der Waals surface area contributed by atoms with E-state index in [1.807, 2.05) is 30.3 Å². The Bertz CT molecular complexity index is 583. The monoisotopic (exact) mass is 286 g/mol. The Morgan fingerprint density at radius 3 is 2.38 bits per heavy atom. The first-order valence-electron chi connectivity index (χ1n) is 6.90. The molecule has 0 aliphatic heterocycles. The maximum absolute atomic E-state index is 12.9. The van der Waals surface area contributed by atoms with Gasteiger partial charge in [-0.1, -0.05) is 30.3 Å². The minimum atomic E-state index is -0.314. The topological polar surface area (TPSA) is 46.3 Å². The molecular weight excluding hydrogens is 267 g/mol. The van der Waals surface area contributed by atoms with Crippen LogP contribution in [-0.4, -0.2) is 13.0 Å². The second-order valence-corrected chi connectivity index (χ2v) is 4.99. The fourth-order valence-corrected chi connectivity index (χ4v) is 2.12. The number of amides is 1. The third-order valence-corrected chi connectivity index (χ3v) is 3.48. The minimum Gasteiger partial charge on any atom is -0.324 e. The predicted octanol–water partition coefficient (Wildman–Crippen LogP) is 3.27. The van der Waals surface area contributed by atoms with Crippen molar-refractivity contribution in [2.24, 2.45) is 5.73 Å². The van der Waals surface area contributed by atoms with Crippen LogP contribution in [0.4, 0.5) is 10.1 Å². The van der Waals surface area contributed by atoms with Crippen LogP contribution in [0.2, 0.25) is 0 Å². The molecule has 0 unspecified atom stereocenters. The third-order valence-electron chi connectivity index (χ3n) is 3.48. The van der Waals surface area contributed by atoms with Gasteiger partial charge in [0.1, 0.15) is 5.82 Å². The van der Waals surface area contributed by atoms with Gasteiger partial charge in [-0.05, 0) is 36.2 Å². The molecule has 0 aromatic heterocycles. The maximum atomic E-state index is 12.9. The number of rotatable bonds is 5. The summed E-state index contributed by atoms with van der Waals surface area (Å²) in [5.74, 6) is -0.348. The number of anilines is 1. The van der Waals surface area contributed by atoms with Crippen LogP contribution < -0.4 is 10.6 Å². The quantitative estimate of drug-likeness (QED) is 0.917. The number of carbonyl (C=O) groups is 1. The van der Waals surface area contributed by atoms with Crippen molar-refractivity contribution in [2.75, 3.05) is 11.9 Å². The molecule has 3 nitrogen and oxygen atoms in total. The first-order valence-corrected chi connectivity index (χ1v) is 6.90. The smallest absolute Gasteiger partial charge is 0.226 e. The number of carbonyl (C=O) groups excluding carboxylic acids is 1. The van der Waals surface area contributed by atoms with Crippen molar-refractivity contribution in [3.63, 3.8) is 0 Å². The molecule has 0 saturated heterocycles. The molecule has 0 aliphatic carbocycles. The second kappa shape index (κ2) is 6.99. The van der Waals surface area contributed by atoms with E-state index in [0.29, 0.717) is 18.5 Å². The van der Waals surface area contributed by atoms with Gasteiger partial charge in [-0.25, -0.2) is 4.39 Å². The summed E-state index contributed by atoms with van der Waals surface area (Å²) >= 11 is 0. The minimum absolute atomic E-state index is 0.0343. The van der Waals surface area contributed by atoms with Gasteiger partial charge in [0.25, 0.3) is 0 Å². The average molecular weight is 286 g/mol. The molecule has 110 valence electrons. The maximum Gasteiger partial charge on any atom is 0.226 e. The summed E-state index contributed by atoms with van der Waals surface area (Å²) in [6.07, 6.45) is 0.929. The number of benzene rings is 2. The standard InChI is InChI=1S/C17H19FN2O/c1-20(15-9-7-14(18)8-10-15)17(21)12-11-16(19)13-5-3-2-4-6-13/h2-10,16H,11-12,19H2,1H3/t16-/m0/s1. The molecule has 0 heterocycles. The highest BCUT2D eigenvalue weighted by atomic mass is 19.1. The van der Waals surface area contributed by atoms with Gasteiger partial charge in [0.2, 0.25) is 5.91 Å². The Hall–Kier alpha value is -2.20. The van der Waals surface area contributed by atoms with E-state index in [0.717, 1.165) is 5.56 Å². The third kappa shape index (κ3) is 4.13. The Balaban J connectivity index is 1.91. The van der Waals surface area contributed by atoms with Gasteiger partial charge in [-0.2, -0.15) is 0 Å². The molecule has 2 aromatic rings. The van der Waals surface area contributed by atoms with Crippen LogP contribution in [0.25, 0.3) is 0 Å². The van der Waals surface area contributed by atoms with Crippen molar-refractivity contribution in [2.45, 2.75) is 18.9 Å². The fourth-order valence-electron chi connectivity index (χ4n) is 2.12. The van der Waals surface area contributed by atoms with Crippen molar-refractivity contribution in [1.29, 1.82) is 0 Å². The molecule has 0 radical (unpaired) electrons. The van der Waals surface area contributed by atoms with E-state index >= 15 is 0 Å². The van der Waals surface area contributed by atoms with Crippen molar-refractivity contribution in [3.8, 4) is 0 Å². The molecular formula is C17H19FN2O. The van der Waals surface area contributed by atoms with Crippen molar-refractivity contribution >= 4 is 11.6 Å². The Morgan fingerprint density at radius 1 is 1.14 bits per heavy atom. The summed E-state index contributed by atoms with van der Waals surface area (Å²) in [6, 6.07) is 15.4. The zero-order chi connectivity index (χ0) is 15.2. The van der Waals surface area contributed by atoms with E-state index in [9.17, 15) is 9.18 Å². The summed E-state index contributed by atoms with van der Waals surface area (Å²) in [7, 11) is 1.68. The molecule has 2 aromatic carbocycles. The van der Waals surface area contributed by atoms with Gasteiger partial charge >= 0.3 is 0 Å². The molecule has 1 amide bonds. The SMILES string of the molecule is CN(C(=O)CC[C@H](N)c1ccccc1)c1ccc(F)cc1. The molecule has 21 heavy (non-hydrogen) atoms. The van der Waals surface area contributed by atoms with Gasteiger partial charge in [0.15, 0.2) is 0 Å². The van der Waals surface area contributed by atoms with E-state index in [2.05, 4.69) is 0 Å². The lowest BCUT2D eigenvalue weighted by Crippen LogP contribution is -2.27. The first-order chi connectivity index (χ1) is 10.1. The zero-order valence-corrected chi connectivity index (χ0v) is 12.0. The molecule has 0 aliphatic rings. The van der Waals surface area contributed by atoms with E-state index in [1.165, 1.54) is 17.0 Å². The molecule has 0 spiro atoms. The van der Waals surface area contributed by atoms with Gasteiger partial charge in [0, 0.05) is 25.2 Å². The van der Waals surface area contributed by atoms with Crippen LogP contribution >= 0.6 is 0 Å². The lowest BCUT2D eigenvalue weighted by molar-refractivity contribution is -0.118. The highest BCUT2D eigenvalue weighted by molar-refractivity contribution is 5.92. The molecule has 4 heteroatoms. The first kappa shape index (κ1) is 15.2. The largest absolute Gasteiger partial charge is 0.324 e. The van der Waals surface area contributed by atoms with Gasteiger partial charge in [0.05, 0.1) is 0 Å². The summed E-state index contributed by atoms with van der Waals surface area (Å²) in [5.41, 5.74) is 7.78. The molecule has 2 rings (SSSR count). The number of nitrogens with zero attached hydrogens (tertiary/aromatic N) is 1. The van der Waals surface area contributed by atoms with Crippen LogP contribution in [-0.2, 0) is 4.79 Å². The van der Waals surface area contributed by atoms with E-state index in [-0.39, 0.29) is 17.8 Å². The Kier molecular flexibility index (Phi) is 5.06. The Labute approximate surface area is 124 Å². The number of hydrogen-bond acceptors (Lipinski definition) is 2. The predicted molar refractivity (Wildman–Crippen MR) is 82.4 cm³/mol. The summed E-state index contributed by atoms with van der Waals surface area (Å²) in [4.78, 5) is 13.7. The molecule has 0 fully saturated rings. The average Bonchev–Trinajstić information content (AvgIpc) is 2.53. The van der Waals surface area contributed by atoms with Crippen LogP contribution in [0.5, 0.6) is 0 Å².